The smallest absolute Gasteiger partial charge is 0.233 e. The number of nitrogens with two attached hydrogens (primary N) is 1. The highest BCUT2D eigenvalue weighted by Gasteiger charge is 2.38. The lowest BCUT2D eigenvalue weighted by molar-refractivity contribution is -0.142. The molecule has 0 aromatic carbocycles. The van der Waals surface area contributed by atoms with Crippen molar-refractivity contribution in [2.75, 3.05) is 13.1 Å². The van der Waals surface area contributed by atoms with E-state index < -0.39 is 5.92 Å². The zero-order valence-electron chi connectivity index (χ0n) is 10.0. The van der Waals surface area contributed by atoms with E-state index in [1.165, 1.54) is 0 Å². The Bertz CT molecular complexity index is 320. The van der Waals surface area contributed by atoms with Gasteiger partial charge in [0.1, 0.15) is 0 Å². The summed E-state index contributed by atoms with van der Waals surface area (Å²) in [6.07, 6.45) is 2.93. The molecular formula is C11H19N3O3. The van der Waals surface area contributed by atoms with Gasteiger partial charge in [0.05, 0.1) is 18.1 Å². The van der Waals surface area contributed by atoms with Crippen molar-refractivity contribution in [2.24, 2.45) is 16.8 Å². The van der Waals surface area contributed by atoms with Gasteiger partial charge in [0.2, 0.25) is 5.91 Å². The van der Waals surface area contributed by atoms with E-state index in [9.17, 15) is 4.79 Å². The molecule has 6 nitrogen and oxygen atoms in total. The SMILES string of the molecule is CCC(C(=O)N1CC2CCC(C1)O2)C(N)=NO. The summed E-state index contributed by atoms with van der Waals surface area (Å²) in [6, 6.07) is 0. The lowest BCUT2D eigenvalue weighted by atomic mass is 10.0. The van der Waals surface area contributed by atoms with Crippen LogP contribution in [0.4, 0.5) is 0 Å². The quantitative estimate of drug-likeness (QED) is 0.318. The number of likely N-dealkylation sites (tertiary alicyclic amines) is 1. The number of nitrogens with zero attached hydrogens (tertiary/aromatic N) is 2. The molecule has 3 unspecified atom stereocenters. The standard InChI is InChI=1S/C11H19N3O3/c1-2-9(10(12)13-16)11(15)14-5-7-3-4-8(6-14)17-7/h7-9,16H,2-6H2,1H3,(H2,12,13). The molecule has 2 rings (SSSR count). The molecular weight excluding hydrogens is 222 g/mol. The van der Waals surface area contributed by atoms with E-state index in [4.69, 9.17) is 15.7 Å². The van der Waals surface area contributed by atoms with Gasteiger partial charge < -0.3 is 20.6 Å². The molecule has 96 valence electrons. The molecule has 2 saturated heterocycles. The fourth-order valence-corrected chi connectivity index (χ4v) is 2.60. The van der Waals surface area contributed by atoms with E-state index in [0.29, 0.717) is 19.5 Å². The minimum absolute atomic E-state index is 0.00339. The van der Waals surface area contributed by atoms with Gasteiger partial charge in [0, 0.05) is 13.1 Å². The number of fused-ring (bicyclic) bond motifs is 2. The molecule has 3 atom stereocenters. The van der Waals surface area contributed by atoms with Crippen LogP contribution in [0, 0.1) is 5.92 Å². The van der Waals surface area contributed by atoms with Crippen molar-refractivity contribution < 1.29 is 14.7 Å². The first-order valence-corrected chi connectivity index (χ1v) is 6.07. The Morgan fingerprint density at radius 3 is 2.59 bits per heavy atom. The summed E-state index contributed by atoms with van der Waals surface area (Å²) in [5.41, 5.74) is 5.54. The van der Waals surface area contributed by atoms with Crippen molar-refractivity contribution >= 4 is 11.7 Å². The molecule has 2 aliphatic heterocycles. The van der Waals surface area contributed by atoms with Gasteiger partial charge in [-0.05, 0) is 19.3 Å². The molecule has 0 aromatic rings. The van der Waals surface area contributed by atoms with Crippen LogP contribution in [0.25, 0.3) is 0 Å². The van der Waals surface area contributed by atoms with Gasteiger partial charge in [-0.1, -0.05) is 12.1 Å². The van der Waals surface area contributed by atoms with Crippen molar-refractivity contribution in [1.29, 1.82) is 0 Å². The molecule has 2 fully saturated rings. The first kappa shape index (κ1) is 12.2. The third kappa shape index (κ3) is 2.36. The fraction of sp³-hybridized carbons (Fsp3) is 0.818. The second kappa shape index (κ2) is 4.91. The van der Waals surface area contributed by atoms with Crippen molar-refractivity contribution in [3.05, 3.63) is 0 Å². The van der Waals surface area contributed by atoms with Gasteiger partial charge in [-0.3, -0.25) is 4.79 Å². The zero-order chi connectivity index (χ0) is 12.4. The molecule has 3 N–H and O–H groups in total. The highest BCUT2D eigenvalue weighted by Crippen LogP contribution is 2.27. The lowest BCUT2D eigenvalue weighted by Gasteiger charge is -2.34. The molecule has 6 heteroatoms. The summed E-state index contributed by atoms with van der Waals surface area (Å²) in [6.45, 7) is 3.12. The molecule has 2 heterocycles. The minimum atomic E-state index is -0.516. The van der Waals surface area contributed by atoms with Crippen LogP contribution in [0.5, 0.6) is 0 Å². The Morgan fingerprint density at radius 2 is 2.12 bits per heavy atom. The Kier molecular flexibility index (Phi) is 3.51. The summed E-state index contributed by atoms with van der Waals surface area (Å²) < 4.78 is 5.67. The summed E-state index contributed by atoms with van der Waals surface area (Å²) >= 11 is 0. The van der Waals surface area contributed by atoms with Gasteiger partial charge in [0.15, 0.2) is 5.84 Å². The average Bonchev–Trinajstić information content (AvgIpc) is 2.68. The topological polar surface area (TPSA) is 88.2 Å². The highest BCUT2D eigenvalue weighted by atomic mass is 16.5. The largest absolute Gasteiger partial charge is 0.409 e. The summed E-state index contributed by atoms with van der Waals surface area (Å²) in [5, 5.41) is 11.6. The average molecular weight is 241 g/mol. The maximum absolute atomic E-state index is 12.2. The van der Waals surface area contributed by atoms with Gasteiger partial charge in [-0.25, -0.2) is 0 Å². The van der Waals surface area contributed by atoms with E-state index in [2.05, 4.69) is 5.16 Å². The summed E-state index contributed by atoms with van der Waals surface area (Å²) in [7, 11) is 0. The van der Waals surface area contributed by atoms with Crippen molar-refractivity contribution in [2.45, 2.75) is 38.4 Å². The van der Waals surface area contributed by atoms with Crippen LogP contribution in [-0.2, 0) is 9.53 Å². The molecule has 0 aliphatic carbocycles. The van der Waals surface area contributed by atoms with E-state index in [-0.39, 0.29) is 24.0 Å². The van der Waals surface area contributed by atoms with Gasteiger partial charge in [0.25, 0.3) is 0 Å². The number of ether oxygens (including phenoxy) is 1. The van der Waals surface area contributed by atoms with Crippen LogP contribution < -0.4 is 5.73 Å². The molecule has 2 aliphatic rings. The molecule has 0 aromatic heterocycles. The maximum atomic E-state index is 12.2. The highest BCUT2D eigenvalue weighted by molar-refractivity contribution is 6.02. The summed E-state index contributed by atoms with van der Waals surface area (Å²) in [4.78, 5) is 14.0. The number of oxime groups is 1. The van der Waals surface area contributed by atoms with Crippen LogP contribution >= 0.6 is 0 Å². The van der Waals surface area contributed by atoms with Crippen LogP contribution in [0.3, 0.4) is 0 Å². The fourth-order valence-electron chi connectivity index (χ4n) is 2.60. The molecule has 1 amide bonds. The number of amides is 1. The van der Waals surface area contributed by atoms with Crippen LogP contribution in [0.1, 0.15) is 26.2 Å². The maximum Gasteiger partial charge on any atom is 0.233 e. The van der Waals surface area contributed by atoms with Crippen LogP contribution in [0.2, 0.25) is 0 Å². The van der Waals surface area contributed by atoms with E-state index >= 15 is 0 Å². The Balaban J connectivity index is 2.04. The van der Waals surface area contributed by atoms with Gasteiger partial charge in [-0.15, -0.1) is 0 Å². The number of hydrogen-bond acceptors (Lipinski definition) is 4. The van der Waals surface area contributed by atoms with Crippen molar-refractivity contribution in [3.8, 4) is 0 Å². The molecule has 0 radical (unpaired) electrons. The number of carbonyl (C=O) groups is 1. The lowest BCUT2D eigenvalue weighted by Crippen LogP contribution is -2.50. The third-order valence-electron chi connectivity index (χ3n) is 3.53. The summed E-state index contributed by atoms with van der Waals surface area (Å²) in [5.74, 6) is -0.572. The number of carbonyl (C=O) groups excluding carboxylic acids is 1. The first-order chi connectivity index (χ1) is 8.15. The van der Waals surface area contributed by atoms with Crippen LogP contribution in [0.15, 0.2) is 5.16 Å². The number of hydrogen-bond donors (Lipinski definition) is 2. The molecule has 0 spiro atoms. The second-order valence-corrected chi connectivity index (χ2v) is 4.69. The Hall–Kier alpha value is -1.30. The van der Waals surface area contributed by atoms with Gasteiger partial charge >= 0.3 is 0 Å². The van der Waals surface area contributed by atoms with E-state index in [0.717, 1.165) is 12.8 Å². The Labute approximate surface area is 100 Å². The zero-order valence-corrected chi connectivity index (χ0v) is 10.0. The molecule has 2 bridgehead atoms. The number of morpholine rings is 1. The number of amidine groups is 1. The van der Waals surface area contributed by atoms with E-state index in [1.807, 2.05) is 6.92 Å². The number of rotatable bonds is 3. The minimum Gasteiger partial charge on any atom is -0.409 e. The predicted molar refractivity (Wildman–Crippen MR) is 61.7 cm³/mol. The van der Waals surface area contributed by atoms with Crippen molar-refractivity contribution in [1.82, 2.24) is 4.90 Å². The first-order valence-electron chi connectivity index (χ1n) is 6.07. The predicted octanol–water partition coefficient (Wildman–Crippen LogP) is 0.149. The second-order valence-electron chi connectivity index (χ2n) is 4.69. The van der Waals surface area contributed by atoms with Crippen molar-refractivity contribution in [3.63, 3.8) is 0 Å². The molecule has 17 heavy (non-hydrogen) atoms. The monoisotopic (exact) mass is 241 g/mol. The van der Waals surface area contributed by atoms with E-state index in [1.54, 1.807) is 4.90 Å². The normalized spacial score (nSPS) is 30.4. The Morgan fingerprint density at radius 1 is 1.53 bits per heavy atom. The molecule has 0 saturated carbocycles. The van der Waals surface area contributed by atoms with Gasteiger partial charge in [-0.2, -0.15) is 0 Å². The van der Waals surface area contributed by atoms with Crippen LogP contribution in [-0.4, -0.2) is 47.1 Å². The third-order valence-corrected chi connectivity index (χ3v) is 3.53.